The summed E-state index contributed by atoms with van der Waals surface area (Å²) in [4.78, 5) is 0. The highest BCUT2D eigenvalue weighted by Crippen LogP contribution is 2.62. The topological polar surface area (TPSA) is 9.23 Å². The molecule has 0 saturated carbocycles. The molecule has 0 saturated heterocycles. The molecule has 0 aliphatic heterocycles. The van der Waals surface area contributed by atoms with Gasteiger partial charge in [-0.2, -0.15) is 0 Å². The largest absolute Gasteiger partial charge is 0.339 e. The van der Waals surface area contributed by atoms with Gasteiger partial charge >= 0.3 is 0 Å². The summed E-state index contributed by atoms with van der Waals surface area (Å²) in [5.74, 6) is 2.61. The second kappa shape index (κ2) is 26.1. The molecule has 0 N–H and O–H groups in total. The maximum atomic E-state index is 6.33. The minimum absolute atomic E-state index is 0.310. The lowest BCUT2D eigenvalue weighted by molar-refractivity contribution is 0.348. The molecule has 28 heavy (non-hydrogen) atoms. The zero-order valence-corrected chi connectivity index (χ0v) is 22.0. The normalized spacial score (nSPS) is 11.6. The van der Waals surface area contributed by atoms with E-state index >= 15 is 0 Å². The van der Waals surface area contributed by atoms with E-state index < -0.39 is 0 Å². The molecule has 0 unspecified atom stereocenters. The number of hydrogen-bond acceptors (Lipinski definition) is 3. The van der Waals surface area contributed by atoms with E-state index in [9.17, 15) is 0 Å². The summed E-state index contributed by atoms with van der Waals surface area (Å²) in [5, 5.41) is 0. The van der Waals surface area contributed by atoms with Crippen LogP contribution in [-0.4, -0.2) is 18.1 Å². The van der Waals surface area contributed by atoms with Gasteiger partial charge in [0.1, 0.15) is 0 Å². The number of rotatable bonds is 24. The van der Waals surface area contributed by atoms with Gasteiger partial charge in [-0.1, -0.05) is 140 Å². The molecule has 0 amide bonds. The molecule has 170 valence electrons. The Labute approximate surface area is 188 Å². The van der Waals surface area contributed by atoms with Crippen molar-refractivity contribution in [3.05, 3.63) is 0 Å². The van der Waals surface area contributed by atoms with Gasteiger partial charge in [-0.3, -0.25) is 0 Å². The standard InChI is InChI=1S/C24H51OPS2/c1-4-7-10-13-16-19-22-25-26(27-23-20-17-14-11-8-5-2)28-24-21-18-15-12-9-6-3/h4-24H2,1-3H3. The monoisotopic (exact) mass is 450 g/mol. The highest BCUT2D eigenvalue weighted by molar-refractivity contribution is 8.86. The first-order valence-corrected chi connectivity index (χ1v) is 17.0. The zero-order valence-electron chi connectivity index (χ0n) is 19.5. The van der Waals surface area contributed by atoms with Gasteiger partial charge in [0.05, 0.1) is 6.61 Å². The molecule has 1 nitrogen and oxygen atoms in total. The molecule has 0 aliphatic rings. The Kier molecular flexibility index (Phi) is 27.1. The van der Waals surface area contributed by atoms with Crippen LogP contribution in [0.15, 0.2) is 0 Å². The van der Waals surface area contributed by atoms with E-state index in [1.807, 2.05) is 0 Å². The fourth-order valence-corrected chi connectivity index (χ4v) is 9.44. The first kappa shape index (κ1) is 29.1. The Bertz CT molecular complexity index is 237. The van der Waals surface area contributed by atoms with Crippen LogP contribution < -0.4 is 0 Å². The molecular formula is C24H51OPS2. The Morgan fingerprint density at radius 1 is 0.464 bits per heavy atom. The van der Waals surface area contributed by atoms with E-state index in [0.29, 0.717) is 0 Å². The van der Waals surface area contributed by atoms with Crippen LogP contribution in [0.4, 0.5) is 0 Å². The SMILES string of the molecule is CCCCCCCCOP(SCCCCCCCC)SCCCCCCCC. The van der Waals surface area contributed by atoms with Crippen LogP contribution in [0.25, 0.3) is 0 Å². The lowest BCUT2D eigenvalue weighted by atomic mass is 10.1. The van der Waals surface area contributed by atoms with Gasteiger partial charge in [0.15, 0.2) is 6.55 Å². The summed E-state index contributed by atoms with van der Waals surface area (Å²) in [7, 11) is 0. The van der Waals surface area contributed by atoms with Gasteiger partial charge in [-0.25, -0.2) is 0 Å². The summed E-state index contributed by atoms with van der Waals surface area (Å²) < 4.78 is 6.33. The zero-order chi connectivity index (χ0) is 20.5. The minimum Gasteiger partial charge on any atom is -0.339 e. The van der Waals surface area contributed by atoms with Crippen LogP contribution in [-0.2, 0) is 4.52 Å². The fraction of sp³-hybridized carbons (Fsp3) is 1.00. The van der Waals surface area contributed by atoms with Crippen molar-refractivity contribution in [2.45, 2.75) is 136 Å². The van der Waals surface area contributed by atoms with Crippen molar-refractivity contribution in [2.24, 2.45) is 0 Å². The lowest BCUT2D eigenvalue weighted by Crippen LogP contribution is -1.90. The Hall–Kier alpha value is 1.09. The Morgan fingerprint density at radius 2 is 0.821 bits per heavy atom. The summed E-state index contributed by atoms with van der Waals surface area (Å²) in [6.45, 7) is 7.56. The summed E-state index contributed by atoms with van der Waals surface area (Å²) in [5.41, 5.74) is 0. The molecule has 0 aromatic carbocycles. The first-order chi connectivity index (χ1) is 13.8. The quantitative estimate of drug-likeness (QED) is 0.107. The van der Waals surface area contributed by atoms with Crippen LogP contribution in [0.1, 0.15) is 136 Å². The van der Waals surface area contributed by atoms with Crippen LogP contribution in [0.5, 0.6) is 0 Å². The Balaban J connectivity index is 3.80. The third-order valence-corrected chi connectivity index (χ3v) is 11.7. The van der Waals surface area contributed by atoms with E-state index in [4.69, 9.17) is 4.52 Å². The van der Waals surface area contributed by atoms with E-state index in [-0.39, 0.29) is 6.55 Å². The first-order valence-electron chi connectivity index (χ1n) is 12.5. The van der Waals surface area contributed by atoms with Gasteiger partial charge in [0.2, 0.25) is 0 Å². The second-order valence-corrected chi connectivity index (χ2v) is 14.3. The van der Waals surface area contributed by atoms with Crippen molar-refractivity contribution in [2.75, 3.05) is 18.1 Å². The van der Waals surface area contributed by atoms with E-state index in [0.717, 1.165) is 6.61 Å². The van der Waals surface area contributed by atoms with Crippen molar-refractivity contribution >= 4 is 29.3 Å². The van der Waals surface area contributed by atoms with Crippen molar-refractivity contribution in [3.8, 4) is 0 Å². The molecule has 0 bridgehead atoms. The average molecular weight is 451 g/mol. The van der Waals surface area contributed by atoms with Crippen LogP contribution >= 0.6 is 29.3 Å². The molecule has 4 heteroatoms. The van der Waals surface area contributed by atoms with Crippen LogP contribution in [0, 0.1) is 0 Å². The highest BCUT2D eigenvalue weighted by atomic mass is 33.1. The molecular weight excluding hydrogens is 399 g/mol. The fourth-order valence-electron chi connectivity index (χ4n) is 3.18. The number of hydrogen-bond donors (Lipinski definition) is 0. The third kappa shape index (κ3) is 23.4. The van der Waals surface area contributed by atoms with E-state index in [2.05, 4.69) is 43.5 Å². The number of unbranched alkanes of at least 4 members (excludes halogenated alkanes) is 15. The molecule has 0 heterocycles. The maximum Gasteiger partial charge on any atom is 0.151 e. The van der Waals surface area contributed by atoms with Crippen LogP contribution in [0.3, 0.4) is 0 Å². The third-order valence-electron chi connectivity index (χ3n) is 5.08. The molecule has 0 fully saturated rings. The Morgan fingerprint density at radius 3 is 1.25 bits per heavy atom. The van der Waals surface area contributed by atoms with Gasteiger partial charge < -0.3 is 4.52 Å². The molecule has 0 aliphatic carbocycles. The summed E-state index contributed by atoms with van der Waals surface area (Å²) in [6, 6.07) is 0. The smallest absolute Gasteiger partial charge is 0.151 e. The molecule has 0 rings (SSSR count). The minimum atomic E-state index is -0.310. The van der Waals surface area contributed by atoms with E-state index in [1.165, 1.54) is 127 Å². The molecule has 0 spiro atoms. The molecule has 0 atom stereocenters. The molecule has 0 radical (unpaired) electrons. The van der Waals surface area contributed by atoms with Gasteiger partial charge in [-0.15, -0.1) is 0 Å². The second-order valence-electron chi connectivity index (χ2n) is 8.03. The van der Waals surface area contributed by atoms with Crippen molar-refractivity contribution in [3.63, 3.8) is 0 Å². The predicted octanol–water partition coefficient (Wildman–Crippen LogP) is 10.8. The van der Waals surface area contributed by atoms with Gasteiger partial charge in [0.25, 0.3) is 0 Å². The van der Waals surface area contributed by atoms with E-state index in [1.54, 1.807) is 0 Å². The summed E-state index contributed by atoms with van der Waals surface area (Å²) in [6.07, 6.45) is 25.0. The van der Waals surface area contributed by atoms with Crippen molar-refractivity contribution in [1.82, 2.24) is 0 Å². The highest BCUT2D eigenvalue weighted by Gasteiger charge is 2.11. The van der Waals surface area contributed by atoms with Crippen LogP contribution in [0.2, 0.25) is 0 Å². The van der Waals surface area contributed by atoms with Gasteiger partial charge in [0, 0.05) is 11.5 Å². The molecule has 0 aromatic rings. The van der Waals surface area contributed by atoms with Crippen molar-refractivity contribution in [1.29, 1.82) is 0 Å². The molecule has 0 aromatic heterocycles. The maximum absolute atomic E-state index is 6.33. The average Bonchev–Trinajstić information content (AvgIpc) is 2.71. The lowest BCUT2D eigenvalue weighted by Gasteiger charge is -2.16. The summed E-state index contributed by atoms with van der Waals surface area (Å²) >= 11 is 4.27. The predicted molar refractivity (Wildman–Crippen MR) is 138 cm³/mol. The van der Waals surface area contributed by atoms with Gasteiger partial charge in [-0.05, 0) is 19.3 Å². The van der Waals surface area contributed by atoms with Crippen molar-refractivity contribution < 1.29 is 4.52 Å².